The number of carbonyl (C=O) groups is 2. The monoisotopic (exact) mass is 391 g/mol. The molecular weight excluding hydrogens is 366 g/mol. The van der Waals surface area contributed by atoms with Crippen LogP contribution in [0.15, 0.2) is 61.3 Å². The Morgan fingerprint density at radius 2 is 1.86 bits per heavy atom. The van der Waals surface area contributed by atoms with Crippen molar-refractivity contribution in [3.05, 3.63) is 78.0 Å². The van der Waals surface area contributed by atoms with Crippen LogP contribution < -0.4 is 10.6 Å². The number of rotatable bonds is 7. The molecule has 29 heavy (non-hydrogen) atoms. The van der Waals surface area contributed by atoms with E-state index in [0.29, 0.717) is 12.1 Å². The van der Waals surface area contributed by atoms with E-state index in [4.69, 9.17) is 0 Å². The molecule has 0 saturated heterocycles. The fourth-order valence-electron chi connectivity index (χ4n) is 2.87. The van der Waals surface area contributed by atoms with E-state index in [1.807, 2.05) is 45.0 Å². The van der Waals surface area contributed by atoms with E-state index in [2.05, 4.69) is 20.6 Å². The minimum atomic E-state index is -0.626. The van der Waals surface area contributed by atoms with E-state index in [1.165, 1.54) is 0 Å². The summed E-state index contributed by atoms with van der Waals surface area (Å²) in [5.74, 6) is 0.192. The Morgan fingerprint density at radius 1 is 1.10 bits per heavy atom. The first-order valence-electron chi connectivity index (χ1n) is 9.52. The van der Waals surface area contributed by atoms with Gasteiger partial charge in [-0.05, 0) is 42.7 Å². The van der Waals surface area contributed by atoms with Crippen molar-refractivity contribution in [3.63, 3.8) is 0 Å². The van der Waals surface area contributed by atoms with Crippen LogP contribution in [0.2, 0.25) is 0 Å². The summed E-state index contributed by atoms with van der Waals surface area (Å²) in [6, 6.07) is 10.4. The molecule has 2 N–H and O–H groups in total. The van der Waals surface area contributed by atoms with Crippen molar-refractivity contribution in [3.8, 4) is 5.82 Å². The van der Waals surface area contributed by atoms with E-state index in [9.17, 15) is 9.59 Å². The summed E-state index contributed by atoms with van der Waals surface area (Å²) in [7, 11) is 0. The molecule has 0 radical (unpaired) electrons. The Hall–Kier alpha value is -3.48. The number of imidazole rings is 1. The van der Waals surface area contributed by atoms with Crippen LogP contribution in [-0.2, 0) is 11.3 Å². The largest absolute Gasteiger partial charge is 0.350 e. The summed E-state index contributed by atoms with van der Waals surface area (Å²) in [6.07, 6.45) is 6.84. The number of aromatic nitrogens is 3. The third-order valence-corrected chi connectivity index (χ3v) is 4.60. The first kappa shape index (κ1) is 20.3. The Balaban J connectivity index is 1.63. The molecule has 1 atom stereocenters. The molecule has 0 aliphatic heterocycles. The smallest absolute Gasteiger partial charge is 0.251 e. The van der Waals surface area contributed by atoms with Gasteiger partial charge in [0.25, 0.3) is 5.91 Å². The second kappa shape index (κ2) is 9.14. The molecule has 3 rings (SSSR count). The van der Waals surface area contributed by atoms with E-state index in [1.54, 1.807) is 41.6 Å². The highest BCUT2D eigenvalue weighted by atomic mass is 16.2. The van der Waals surface area contributed by atoms with Gasteiger partial charge in [-0.3, -0.25) is 14.2 Å². The summed E-state index contributed by atoms with van der Waals surface area (Å²) in [4.78, 5) is 33.6. The van der Waals surface area contributed by atoms with Gasteiger partial charge in [-0.25, -0.2) is 9.97 Å². The molecule has 0 fully saturated rings. The maximum absolute atomic E-state index is 12.7. The average molecular weight is 391 g/mol. The topological polar surface area (TPSA) is 88.9 Å². The quantitative estimate of drug-likeness (QED) is 0.648. The van der Waals surface area contributed by atoms with Crippen molar-refractivity contribution < 1.29 is 9.59 Å². The van der Waals surface area contributed by atoms with Crippen LogP contribution >= 0.6 is 0 Å². The number of hydrogen-bond donors (Lipinski definition) is 2. The summed E-state index contributed by atoms with van der Waals surface area (Å²) in [6.45, 7) is 6.11. The van der Waals surface area contributed by atoms with Crippen molar-refractivity contribution in [2.45, 2.75) is 33.4 Å². The lowest BCUT2D eigenvalue weighted by molar-refractivity contribution is -0.124. The number of pyridine rings is 1. The molecule has 1 aromatic carbocycles. The molecule has 0 bridgehead atoms. The van der Waals surface area contributed by atoms with Crippen LogP contribution in [0.5, 0.6) is 0 Å². The number of nitrogens with zero attached hydrogens (tertiary/aromatic N) is 3. The first-order chi connectivity index (χ1) is 13.9. The summed E-state index contributed by atoms with van der Waals surface area (Å²) >= 11 is 0. The second-order valence-electron chi connectivity index (χ2n) is 7.27. The molecule has 2 amide bonds. The van der Waals surface area contributed by atoms with Crippen molar-refractivity contribution in [1.29, 1.82) is 0 Å². The van der Waals surface area contributed by atoms with Crippen molar-refractivity contribution >= 4 is 11.8 Å². The SMILES string of the molecule is Cc1ccc(C(=O)NC(C(=O)NCc2ccnc(-n3ccnc3)c2)C(C)C)cc1. The molecule has 0 saturated carbocycles. The van der Waals surface area contributed by atoms with Crippen molar-refractivity contribution in [2.24, 2.45) is 5.92 Å². The zero-order chi connectivity index (χ0) is 20.8. The third kappa shape index (κ3) is 5.28. The van der Waals surface area contributed by atoms with Crippen LogP contribution in [0.3, 0.4) is 0 Å². The highest BCUT2D eigenvalue weighted by molar-refractivity contribution is 5.97. The maximum atomic E-state index is 12.7. The van der Waals surface area contributed by atoms with Gasteiger partial charge in [0.15, 0.2) is 0 Å². The van der Waals surface area contributed by atoms with Crippen LogP contribution in [0.4, 0.5) is 0 Å². The molecular formula is C22H25N5O2. The van der Waals surface area contributed by atoms with Crippen molar-refractivity contribution in [2.75, 3.05) is 0 Å². The van der Waals surface area contributed by atoms with E-state index in [-0.39, 0.29) is 17.7 Å². The zero-order valence-corrected chi connectivity index (χ0v) is 16.8. The van der Waals surface area contributed by atoms with Gasteiger partial charge in [-0.15, -0.1) is 0 Å². The lowest BCUT2D eigenvalue weighted by atomic mass is 10.0. The van der Waals surface area contributed by atoms with Gasteiger partial charge >= 0.3 is 0 Å². The number of amides is 2. The van der Waals surface area contributed by atoms with Gasteiger partial charge in [0.1, 0.15) is 18.2 Å². The Morgan fingerprint density at radius 3 is 2.52 bits per heavy atom. The molecule has 0 aliphatic rings. The molecule has 1 unspecified atom stereocenters. The molecule has 0 aliphatic carbocycles. The average Bonchev–Trinajstić information content (AvgIpc) is 3.25. The molecule has 2 heterocycles. The fraction of sp³-hybridized carbons (Fsp3) is 0.273. The van der Waals surface area contributed by atoms with Gasteiger partial charge in [-0.2, -0.15) is 0 Å². The van der Waals surface area contributed by atoms with E-state index >= 15 is 0 Å². The standard InChI is InChI=1S/C22H25N5O2/c1-15(2)20(26-21(28)18-6-4-16(3)5-7-18)22(29)25-13-17-8-9-24-19(12-17)27-11-10-23-14-27/h4-12,14-15,20H,13H2,1-3H3,(H,25,29)(H,26,28). The predicted molar refractivity (Wildman–Crippen MR) is 110 cm³/mol. The number of benzene rings is 1. The van der Waals surface area contributed by atoms with Gasteiger partial charge in [0, 0.05) is 30.7 Å². The minimum Gasteiger partial charge on any atom is -0.350 e. The molecule has 7 nitrogen and oxygen atoms in total. The van der Waals surface area contributed by atoms with Gasteiger partial charge in [0.05, 0.1) is 0 Å². The normalized spacial score (nSPS) is 11.9. The maximum Gasteiger partial charge on any atom is 0.251 e. The molecule has 7 heteroatoms. The molecule has 2 aromatic heterocycles. The Kier molecular flexibility index (Phi) is 6.39. The number of aryl methyl sites for hydroxylation is 1. The molecule has 3 aromatic rings. The predicted octanol–water partition coefficient (Wildman–Crippen LogP) is 2.65. The Bertz CT molecular complexity index is 965. The van der Waals surface area contributed by atoms with Crippen LogP contribution in [0, 0.1) is 12.8 Å². The third-order valence-electron chi connectivity index (χ3n) is 4.60. The number of hydrogen-bond acceptors (Lipinski definition) is 4. The number of nitrogens with one attached hydrogen (secondary N) is 2. The first-order valence-corrected chi connectivity index (χ1v) is 9.52. The van der Waals surface area contributed by atoms with Gasteiger partial charge in [-0.1, -0.05) is 31.5 Å². The highest BCUT2D eigenvalue weighted by Gasteiger charge is 2.24. The van der Waals surface area contributed by atoms with Crippen molar-refractivity contribution in [1.82, 2.24) is 25.2 Å². The summed E-state index contributed by atoms with van der Waals surface area (Å²) in [5.41, 5.74) is 2.52. The van der Waals surface area contributed by atoms with Crippen LogP contribution in [0.1, 0.15) is 35.3 Å². The van der Waals surface area contributed by atoms with Crippen LogP contribution in [0.25, 0.3) is 5.82 Å². The second-order valence-corrected chi connectivity index (χ2v) is 7.27. The lowest BCUT2D eigenvalue weighted by Gasteiger charge is -2.22. The number of carbonyl (C=O) groups excluding carboxylic acids is 2. The fourth-order valence-corrected chi connectivity index (χ4v) is 2.87. The van der Waals surface area contributed by atoms with E-state index < -0.39 is 6.04 Å². The zero-order valence-electron chi connectivity index (χ0n) is 16.8. The minimum absolute atomic E-state index is 0.0525. The summed E-state index contributed by atoms with van der Waals surface area (Å²) < 4.78 is 1.80. The van der Waals surface area contributed by atoms with Gasteiger partial charge in [0.2, 0.25) is 5.91 Å². The van der Waals surface area contributed by atoms with Crippen LogP contribution in [-0.4, -0.2) is 32.4 Å². The lowest BCUT2D eigenvalue weighted by Crippen LogP contribution is -2.49. The Labute approximate surface area is 170 Å². The van der Waals surface area contributed by atoms with Gasteiger partial charge < -0.3 is 10.6 Å². The van der Waals surface area contributed by atoms with E-state index in [0.717, 1.165) is 16.9 Å². The highest BCUT2D eigenvalue weighted by Crippen LogP contribution is 2.09. The summed E-state index contributed by atoms with van der Waals surface area (Å²) in [5, 5.41) is 5.76. The molecule has 150 valence electrons. The molecule has 0 spiro atoms.